The summed E-state index contributed by atoms with van der Waals surface area (Å²) in [5.41, 5.74) is 3.53. The first-order valence-electron chi connectivity index (χ1n) is 19.9. The van der Waals surface area contributed by atoms with E-state index in [9.17, 15) is 33.6 Å². The number of halogens is 1. The van der Waals surface area contributed by atoms with Gasteiger partial charge in [-0.25, -0.2) is 4.68 Å². The fourth-order valence-electron chi connectivity index (χ4n) is 8.52. The molecule has 3 atom stereocenters. The molecule has 3 fully saturated rings. The molecule has 4 aliphatic heterocycles. The van der Waals surface area contributed by atoms with Gasteiger partial charge < -0.3 is 20.4 Å². The van der Waals surface area contributed by atoms with Gasteiger partial charge in [-0.2, -0.15) is 5.10 Å². The van der Waals surface area contributed by atoms with Gasteiger partial charge in [0.2, 0.25) is 11.8 Å². The summed E-state index contributed by atoms with van der Waals surface area (Å²) in [7, 11) is 3.62. The lowest BCUT2D eigenvalue weighted by atomic mass is 9.87. The Morgan fingerprint density at radius 2 is 1.57 bits per heavy atom. The molecule has 0 spiro atoms. The summed E-state index contributed by atoms with van der Waals surface area (Å²) in [6.07, 6.45) is 2.45. The number of hydrogen-bond donors (Lipinski definition) is 3. The van der Waals surface area contributed by atoms with Crippen LogP contribution in [0.5, 0.6) is 0 Å². The van der Waals surface area contributed by atoms with Crippen LogP contribution in [-0.4, -0.2) is 123 Å². The number of carbonyl (C=O) groups excluding carboxylic acids is 6. The number of piperidine rings is 2. The number of likely N-dealkylation sites (N-methyl/N-ethyl adjacent to an activating group) is 1. The van der Waals surface area contributed by atoms with Gasteiger partial charge in [0.15, 0.2) is 0 Å². The molecule has 5 heterocycles. The smallest absolute Gasteiger partial charge is 0.287 e. The highest BCUT2D eigenvalue weighted by Gasteiger charge is 2.45. The molecule has 16 nitrogen and oxygen atoms in total. The third-order valence-electron chi connectivity index (χ3n) is 11.7. The van der Waals surface area contributed by atoms with Crippen LogP contribution in [0.15, 0.2) is 77.7 Å². The number of hydrogen-bond acceptors (Lipinski definition) is 11. The minimum absolute atomic E-state index is 0.00568. The van der Waals surface area contributed by atoms with Crippen LogP contribution in [0, 0.1) is 0 Å². The monoisotopic (exact) mass is 833 g/mol. The number of nitrogens with one attached hydrogen (secondary N) is 3. The van der Waals surface area contributed by atoms with E-state index in [4.69, 9.17) is 11.6 Å². The van der Waals surface area contributed by atoms with E-state index in [0.29, 0.717) is 49.5 Å². The van der Waals surface area contributed by atoms with E-state index >= 15 is 0 Å². The van der Waals surface area contributed by atoms with Crippen molar-refractivity contribution in [3.05, 3.63) is 122 Å². The number of nitrogens with zero attached hydrogens (tertiary/aromatic N) is 6. The number of anilines is 2. The van der Waals surface area contributed by atoms with Crippen LogP contribution in [0.1, 0.15) is 77.7 Å². The van der Waals surface area contributed by atoms with Crippen molar-refractivity contribution in [2.24, 2.45) is 7.05 Å². The Kier molecular flexibility index (Phi) is 11.3. The number of benzene rings is 3. The summed E-state index contributed by atoms with van der Waals surface area (Å²) in [5.74, 6) is -2.78. The van der Waals surface area contributed by atoms with E-state index in [1.807, 2.05) is 41.3 Å². The van der Waals surface area contributed by atoms with Crippen LogP contribution >= 0.6 is 11.6 Å². The molecule has 0 radical (unpaired) electrons. The molecule has 3 aromatic carbocycles. The van der Waals surface area contributed by atoms with Gasteiger partial charge >= 0.3 is 0 Å². The maximum absolute atomic E-state index is 13.5. The summed E-state index contributed by atoms with van der Waals surface area (Å²) in [6, 6.07) is 18.5. The van der Waals surface area contributed by atoms with Gasteiger partial charge in [-0.1, -0.05) is 41.9 Å². The van der Waals surface area contributed by atoms with Gasteiger partial charge in [0.25, 0.3) is 29.2 Å². The molecule has 1 unspecified atom stereocenters. The first-order chi connectivity index (χ1) is 28.8. The second kappa shape index (κ2) is 16.8. The van der Waals surface area contributed by atoms with Gasteiger partial charge in [-0.3, -0.25) is 48.7 Å². The molecule has 1 aromatic heterocycles. The predicted molar refractivity (Wildman–Crippen MR) is 222 cm³/mol. The van der Waals surface area contributed by atoms with Crippen LogP contribution in [0.3, 0.4) is 0 Å². The van der Waals surface area contributed by atoms with Crippen LogP contribution in [0.25, 0.3) is 0 Å². The van der Waals surface area contributed by atoms with E-state index in [1.54, 1.807) is 31.4 Å². The molecular formula is C43H44ClN9O7. The number of aryl methyl sites for hydroxylation is 1. The molecule has 3 N–H and O–H groups in total. The zero-order chi connectivity index (χ0) is 42.2. The lowest BCUT2D eigenvalue weighted by molar-refractivity contribution is -0.136. The Balaban J connectivity index is 0.824. The summed E-state index contributed by atoms with van der Waals surface area (Å²) in [6.45, 7) is 4.80. The Bertz CT molecular complexity index is 2450. The van der Waals surface area contributed by atoms with Crippen LogP contribution in [-0.2, 0) is 23.2 Å². The lowest BCUT2D eigenvalue weighted by Gasteiger charge is -2.37. The fourth-order valence-corrected chi connectivity index (χ4v) is 8.75. The first-order valence-corrected chi connectivity index (χ1v) is 20.3. The maximum Gasteiger partial charge on any atom is 0.287 e. The van der Waals surface area contributed by atoms with Gasteiger partial charge in [0.1, 0.15) is 11.1 Å². The normalized spacial score (nSPS) is 21.1. The van der Waals surface area contributed by atoms with E-state index in [2.05, 4.69) is 37.9 Å². The largest absolute Gasteiger partial charge is 0.378 e. The number of fused-ring (bicyclic) bond motifs is 1. The zero-order valence-corrected chi connectivity index (χ0v) is 33.9. The van der Waals surface area contributed by atoms with Crippen LogP contribution < -0.4 is 21.5 Å². The molecule has 6 amide bonds. The second-order valence-corrected chi connectivity index (χ2v) is 16.2. The van der Waals surface area contributed by atoms with Gasteiger partial charge in [-0.05, 0) is 73.3 Å². The van der Waals surface area contributed by atoms with Crippen LogP contribution in [0.2, 0.25) is 5.02 Å². The van der Waals surface area contributed by atoms with E-state index in [-0.39, 0.29) is 58.1 Å². The van der Waals surface area contributed by atoms with Crippen molar-refractivity contribution in [1.82, 2.24) is 34.7 Å². The Morgan fingerprint density at radius 3 is 2.28 bits per heavy atom. The molecule has 3 saturated heterocycles. The van der Waals surface area contributed by atoms with Crippen molar-refractivity contribution in [1.29, 1.82) is 0 Å². The lowest BCUT2D eigenvalue weighted by Crippen LogP contribution is -2.54. The molecule has 17 heteroatoms. The number of likely N-dealkylation sites (tertiary alicyclic amines) is 1. The van der Waals surface area contributed by atoms with Crippen molar-refractivity contribution in [3.63, 3.8) is 0 Å². The Morgan fingerprint density at radius 1 is 0.850 bits per heavy atom. The molecule has 4 aliphatic rings. The second-order valence-electron chi connectivity index (χ2n) is 15.8. The third kappa shape index (κ3) is 8.17. The van der Waals surface area contributed by atoms with E-state index in [1.165, 1.54) is 16.8 Å². The minimum Gasteiger partial charge on any atom is -0.378 e. The average Bonchev–Trinajstić information content (AvgIpc) is 3.50. The van der Waals surface area contributed by atoms with Gasteiger partial charge in [-0.15, -0.1) is 0 Å². The van der Waals surface area contributed by atoms with Gasteiger partial charge in [0, 0.05) is 76.5 Å². The predicted octanol–water partition coefficient (Wildman–Crippen LogP) is 2.95. The molecule has 60 heavy (non-hydrogen) atoms. The number of carbonyl (C=O) groups is 6. The molecule has 0 saturated carbocycles. The topological polar surface area (TPSA) is 186 Å². The maximum atomic E-state index is 13.5. The number of rotatable bonds is 9. The van der Waals surface area contributed by atoms with Crippen molar-refractivity contribution >= 4 is 58.4 Å². The number of aromatic nitrogens is 2. The standard InChI is InChI=1S/C43H44ClN9O7/c1-49-23-29(20-30(24-49)46-33-21-45-50(2)43(60)37(33)44)26-10-12-28(13-11-26)40(57)52-18-16-51(17-19-52)22-25-6-8-27(9-7-25)38(55)47-32-5-3-4-31-36(32)42(59)53(41(31)58)34-14-15-35(54)48-39(34)56/h3-13,21,29-30,34,46H,14-20,22-24H2,1-2H3,(H,47,55)(H,48,54,56)/t29-,30+,34?/m1/s1. The van der Waals surface area contributed by atoms with Gasteiger partial charge in [0.05, 0.1) is 28.7 Å². The van der Waals surface area contributed by atoms with Crippen molar-refractivity contribution < 1.29 is 28.8 Å². The highest BCUT2D eigenvalue weighted by atomic mass is 35.5. The van der Waals surface area contributed by atoms with Crippen molar-refractivity contribution in [2.75, 3.05) is 56.9 Å². The highest BCUT2D eigenvalue weighted by Crippen LogP contribution is 2.33. The summed E-state index contributed by atoms with van der Waals surface area (Å²) in [5, 5.41) is 12.6. The van der Waals surface area contributed by atoms with Crippen LogP contribution in [0.4, 0.5) is 11.4 Å². The van der Waals surface area contributed by atoms with Crippen molar-refractivity contribution in [2.45, 2.75) is 43.8 Å². The summed E-state index contributed by atoms with van der Waals surface area (Å²) < 4.78 is 1.21. The minimum atomic E-state index is -1.11. The third-order valence-corrected chi connectivity index (χ3v) is 12.1. The Hall–Kier alpha value is -6.23. The zero-order valence-electron chi connectivity index (χ0n) is 33.2. The van der Waals surface area contributed by atoms with E-state index < -0.39 is 35.6 Å². The average molecular weight is 834 g/mol. The van der Waals surface area contributed by atoms with E-state index in [0.717, 1.165) is 35.5 Å². The molecule has 310 valence electrons. The number of piperazine rings is 1. The number of imide groups is 2. The first kappa shape index (κ1) is 40.5. The fraction of sp³-hybridized carbons (Fsp3) is 0.349. The number of amides is 6. The highest BCUT2D eigenvalue weighted by molar-refractivity contribution is 6.33. The molecule has 8 rings (SSSR count). The Labute approximate surface area is 350 Å². The molecule has 0 aliphatic carbocycles. The molecular weight excluding hydrogens is 790 g/mol. The summed E-state index contributed by atoms with van der Waals surface area (Å²) >= 11 is 6.31. The quantitative estimate of drug-likeness (QED) is 0.211. The SMILES string of the molecule is CN1C[C@@H](Nc2cnn(C)c(=O)c2Cl)C[C@@H](c2ccc(C(=O)N3CCN(Cc4ccc(C(=O)Nc5cccc6c5C(=O)N(C5CCC(=O)NC5=O)C6=O)cc4)CC3)cc2)C1. The summed E-state index contributed by atoms with van der Waals surface area (Å²) in [4.78, 5) is 97.1. The van der Waals surface area contributed by atoms with Crippen molar-refractivity contribution in [3.8, 4) is 0 Å². The molecule has 4 aromatic rings. The molecule has 0 bridgehead atoms.